The molecule has 16 heavy (non-hydrogen) atoms. The molecule has 0 aromatic carbocycles. The average Bonchev–Trinajstić information content (AvgIpc) is 2.01. The second-order valence-electron chi connectivity index (χ2n) is 3.19. The highest BCUT2D eigenvalue weighted by molar-refractivity contribution is 6.03. The molecule has 0 heterocycles. The Kier molecular flexibility index (Phi) is 3.68. The number of aliphatic carboxylic acids is 1. The van der Waals surface area contributed by atoms with Crippen molar-refractivity contribution in [2.24, 2.45) is 5.41 Å². The summed E-state index contributed by atoms with van der Waals surface area (Å²) < 4.78 is 62.3. The first-order valence-electron chi connectivity index (χ1n) is 4.14. The van der Waals surface area contributed by atoms with Gasteiger partial charge in [-0.15, -0.1) is 0 Å². The largest absolute Gasteiger partial charge is 0.480 e. The van der Waals surface area contributed by atoms with E-state index in [0.29, 0.717) is 6.92 Å². The van der Waals surface area contributed by atoms with Crippen molar-refractivity contribution in [3.05, 3.63) is 0 Å². The van der Waals surface area contributed by atoms with Crippen molar-refractivity contribution >= 4 is 11.8 Å². The number of carboxylic acids is 1. The van der Waals surface area contributed by atoms with E-state index in [-0.39, 0.29) is 0 Å². The molecular formula is C8H9F5O3. The fourth-order valence-electron chi connectivity index (χ4n) is 1.37. The van der Waals surface area contributed by atoms with Gasteiger partial charge in [0, 0.05) is 0 Å². The highest BCUT2D eigenvalue weighted by atomic mass is 19.4. The van der Waals surface area contributed by atoms with E-state index >= 15 is 0 Å². The summed E-state index contributed by atoms with van der Waals surface area (Å²) >= 11 is 0. The van der Waals surface area contributed by atoms with Crippen LogP contribution in [0.1, 0.15) is 20.3 Å². The van der Waals surface area contributed by atoms with Gasteiger partial charge in [-0.05, 0) is 13.3 Å². The van der Waals surface area contributed by atoms with Gasteiger partial charge in [-0.25, -0.2) is 0 Å². The maximum Gasteiger partial charge on any atom is 0.455 e. The van der Waals surface area contributed by atoms with E-state index in [4.69, 9.17) is 5.11 Å². The molecule has 0 aromatic heterocycles. The van der Waals surface area contributed by atoms with Gasteiger partial charge < -0.3 is 5.11 Å². The molecule has 0 amide bonds. The van der Waals surface area contributed by atoms with Crippen LogP contribution in [0.2, 0.25) is 0 Å². The van der Waals surface area contributed by atoms with Gasteiger partial charge in [-0.3, -0.25) is 9.59 Å². The van der Waals surface area contributed by atoms with E-state index in [1.807, 2.05) is 0 Å². The smallest absolute Gasteiger partial charge is 0.455 e. The van der Waals surface area contributed by atoms with E-state index in [9.17, 15) is 31.5 Å². The second-order valence-corrected chi connectivity index (χ2v) is 3.19. The Morgan fingerprint density at radius 1 is 1.12 bits per heavy atom. The Morgan fingerprint density at radius 2 is 1.50 bits per heavy atom. The lowest BCUT2D eigenvalue weighted by Gasteiger charge is -2.34. The molecule has 0 aliphatic heterocycles. The van der Waals surface area contributed by atoms with Gasteiger partial charge in [0.15, 0.2) is 11.2 Å². The van der Waals surface area contributed by atoms with Gasteiger partial charge >= 0.3 is 18.1 Å². The van der Waals surface area contributed by atoms with Gasteiger partial charge in [0.05, 0.1) is 0 Å². The van der Waals surface area contributed by atoms with Crippen molar-refractivity contribution in [1.82, 2.24) is 0 Å². The Bertz CT molecular complexity index is 293. The Labute approximate surface area is 87.2 Å². The molecule has 0 aliphatic carbocycles. The SMILES string of the molecule is CCC(C(C)=O)(C(=O)O)C(F)(F)C(F)(F)F. The van der Waals surface area contributed by atoms with E-state index < -0.39 is 35.7 Å². The monoisotopic (exact) mass is 248 g/mol. The fraction of sp³-hybridized carbons (Fsp3) is 0.750. The fourth-order valence-corrected chi connectivity index (χ4v) is 1.37. The van der Waals surface area contributed by atoms with Crippen LogP contribution < -0.4 is 0 Å². The molecular weight excluding hydrogens is 239 g/mol. The number of carbonyl (C=O) groups excluding carboxylic acids is 1. The molecule has 1 atom stereocenters. The van der Waals surface area contributed by atoms with Crippen LogP contribution in [0.25, 0.3) is 0 Å². The third kappa shape index (κ3) is 1.76. The van der Waals surface area contributed by atoms with Crippen LogP contribution in [0.15, 0.2) is 0 Å². The lowest BCUT2D eigenvalue weighted by atomic mass is 9.75. The summed E-state index contributed by atoms with van der Waals surface area (Å²) in [6.07, 6.45) is -7.24. The number of hydrogen-bond acceptors (Lipinski definition) is 2. The summed E-state index contributed by atoms with van der Waals surface area (Å²) in [6, 6.07) is 0. The standard InChI is InChI=1S/C8H9F5O3/c1-3-6(4(2)14,5(15)16)7(9,10)8(11,12)13/h3H2,1-2H3,(H,15,16). The molecule has 8 heteroatoms. The number of Topliss-reactive ketones (excluding diaryl/α,β-unsaturated/α-hetero) is 1. The van der Waals surface area contributed by atoms with Crippen molar-refractivity contribution < 1.29 is 36.6 Å². The average molecular weight is 248 g/mol. The molecule has 94 valence electrons. The van der Waals surface area contributed by atoms with Gasteiger partial charge in [-0.1, -0.05) is 6.92 Å². The first-order chi connectivity index (χ1) is 6.95. The van der Waals surface area contributed by atoms with Gasteiger partial charge in [-0.2, -0.15) is 22.0 Å². The molecule has 0 saturated carbocycles. The Hall–Kier alpha value is -1.21. The Balaban J connectivity index is 5.89. The third-order valence-corrected chi connectivity index (χ3v) is 2.39. The van der Waals surface area contributed by atoms with Gasteiger partial charge in [0.1, 0.15) is 0 Å². The highest BCUT2D eigenvalue weighted by Crippen LogP contribution is 2.50. The molecule has 0 radical (unpaired) electrons. The number of hydrogen-bond donors (Lipinski definition) is 1. The summed E-state index contributed by atoms with van der Waals surface area (Å²) in [5, 5.41) is 8.49. The number of rotatable bonds is 4. The van der Waals surface area contributed by atoms with Gasteiger partial charge in [0.2, 0.25) is 0 Å². The van der Waals surface area contributed by atoms with E-state index in [1.54, 1.807) is 0 Å². The van der Waals surface area contributed by atoms with Crippen LogP contribution >= 0.6 is 0 Å². The molecule has 3 nitrogen and oxygen atoms in total. The summed E-state index contributed by atoms with van der Waals surface area (Å²) in [5.74, 6) is -9.82. The van der Waals surface area contributed by atoms with Crippen molar-refractivity contribution in [3.8, 4) is 0 Å². The second kappa shape index (κ2) is 3.99. The third-order valence-electron chi connectivity index (χ3n) is 2.39. The molecule has 0 aliphatic rings. The van der Waals surface area contributed by atoms with E-state index in [2.05, 4.69) is 0 Å². The van der Waals surface area contributed by atoms with Crippen LogP contribution in [0.5, 0.6) is 0 Å². The molecule has 0 bridgehead atoms. The van der Waals surface area contributed by atoms with Crippen molar-refractivity contribution in [1.29, 1.82) is 0 Å². The Morgan fingerprint density at radius 3 is 1.56 bits per heavy atom. The first-order valence-corrected chi connectivity index (χ1v) is 4.14. The first kappa shape index (κ1) is 14.8. The number of ketones is 1. The van der Waals surface area contributed by atoms with Crippen LogP contribution in [0.3, 0.4) is 0 Å². The number of carboxylic acid groups (broad SMARTS) is 1. The molecule has 0 aromatic rings. The minimum atomic E-state index is -6.09. The number of carbonyl (C=O) groups is 2. The topological polar surface area (TPSA) is 54.4 Å². The quantitative estimate of drug-likeness (QED) is 0.613. The lowest BCUT2D eigenvalue weighted by Crippen LogP contribution is -2.59. The van der Waals surface area contributed by atoms with Crippen LogP contribution in [-0.4, -0.2) is 29.0 Å². The lowest BCUT2D eigenvalue weighted by molar-refractivity contribution is -0.317. The van der Waals surface area contributed by atoms with Crippen molar-refractivity contribution in [2.75, 3.05) is 0 Å². The maximum absolute atomic E-state index is 13.0. The summed E-state index contributed by atoms with van der Waals surface area (Å²) in [6.45, 7) is 1.19. The summed E-state index contributed by atoms with van der Waals surface area (Å²) in [5.41, 5.74) is -3.76. The molecule has 0 fully saturated rings. The number of halogens is 5. The summed E-state index contributed by atoms with van der Waals surface area (Å²) in [7, 11) is 0. The maximum atomic E-state index is 13.0. The molecule has 1 unspecified atom stereocenters. The minimum Gasteiger partial charge on any atom is -0.480 e. The molecule has 1 N–H and O–H groups in total. The molecule has 0 saturated heterocycles. The van der Waals surface area contributed by atoms with Crippen LogP contribution in [-0.2, 0) is 9.59 Å². The molecule has 0 spiro atoms. The zero-order valence-corrected chi connectivity index (χ0v) is 8.36. The zero-order valence-electron chi connectivity index (χ0n) is 8.36. The van der Waals surface area contributed by atoms with E-state index in [0.717, 1.165) is 6.92 Å². The van der Waals surface area contributed by atoms with Crippen molar-refractivity contribution in [2.45, 2.75) is 32.4 Å². The van der Waals surface area contributed by atoms with Crippen molar-refractivity contribution in [3.63, 3.8) is 0 Å². The predicted octanol–water partition coefficient (Wildman–Crippen LogP) is 2.25. The summed E-state index contributed by atoms with van der Waals surface area (Å²) in [4.78, 5) is 21.5. The van der Waals surface area contributed by atoms with Crippen LogP contribution in [0, 0.1) is 5.41 Å². The predicted molar refractivity (Wildman–Crippen MR) is 42.0 cm³/mol. The van der Waals surface area contributed by atoms with Gasteiger partial charge in [0.25, 0.3) is 0 Å². The zero-order chi connectivity index (χ0) is 13.4. The molecule has 0 rings (SSSR count). The normalized spacial score (nSPS) is 16.7. The highest BCUT2D eigenvalue weighted by Gasteiger charge is 2.74. The number of alkyl halides is 5. The van der Waals surface area contributed by atoms with Crippen LogP contribution in [0.4, 0.5) is 22.0 Å². The minimum absolute atomic E-state index is 0.400. The van der Waals surface area contributed by atoms with E-state index in [1.165, 1.54) is 0 Å².